The molecule has 0 unspecified atom stereocenters. The first-order valence-corrected chi connectivity index (χ1v) is 9.28. The molecule has 3 aliphatic rings. The predicted octanol–water partition coefficient (Wildman–Crippen LogP) is 0.552. The molecule has 1 aromatic rings. The quantitative estimate of drug-likeness (QED) is 0.865. The SMILES string of the molecule is O=C1CC[C@@H]2[C@@H](CCN2C(=O)c2ccc[nH]2)N1CCN1CCOCC1. The van der Waals surface area contributed by atoms with Crippen LogP contribution in [0.5, 0.6) is 0 Å². The van der Waals surface area contributed by atoms with Crippen LogP contribution in [0.3, 0.4) is 0 Å². The lowest BCUT2D eigenvalue weighted by Crippen LogP contribution is -2.55. The van der Waals surface area contributed by atoms with Gasteiger partial charge in [-0.2, -0.15) is 0 Å². The first-order valence-electron chi connectivity index (χ1n) is 9.28. The minimum absolute atomic E-state index is 0.0555. The molecule has 0 spiro atoms. The van der Waals surface area contributed by atoms with E-state index in [4.69, 9.17) is 4.74 Å². The molecular weight excluding hydrogens is 320 g/mol. The van der Waals surface area contributed by atoms with Gasteiger partial charge in [0.15, 0.2) is 0 Å². The van der Waals surface area contributed by atoms with E-state index in [1.807, 2.05) is 21.9 Å². The number of likely N-dealkylation sites (tertiary alicyclic amines) is 2. The molecule has 0 bridgehead atoms. The molecule has 3 aliphatic heterocycles. The molecule has 3 saturated heterocycles. The summed E-state index contributed by atoms with van der Waals surface area (Å²) in [6.45, 7) is 5.81. The predicted molar refractivity (Wildman–Crippen MR) is 92.2 cm³/mol. The first-order chi connectivity index (χ1) is 12.2. The van der Waals surface area contributed by atoms with E-state index < -0.39 is 0 Å². The van der Waals surface area contributed by atoms with Crippen molar-refractivity contribution in [3.8, 4) is 0 Å². The van der Waals surface area contributed by atoms with Crippen molar-refractivity contribution < 1.29 is 14.3 Å². The van der Waals surface area contributed by atoms with E-state index in [1.54, 1.807) is 6.20 Å². The Morgan fingerprint density at radius 1 is 1.16 bits per heavy atom. The molecule has 3 fully saturated rings. The number of hydrogen-bond donors (Lipinski definition) is 1. The van der Waals surface area contributed by atoms with E-state index in [-0.39, 0.29) is 23.9 Å². The van der Waals surface area contributed by atoms with Crippen molar-refractivity contribution in [3.05, 3.63) is 24.0 Å². The number of aromatic amines is 1. The van der Waals surface area contributed by atoms with Crippen LogP contribution in [0.15, 0.2) is 18.3 Å². The number of rotatable bonds is 4. The Morgan fingerprint density at radius 2 is 2.00 bits per heavy atom. The van der Waals surface area contributed by atoms with Gasteiger partial charge in [-0.25, -0.2) is 0 Å². The molecule has 136 valence electrons. The van der Waals surface area contributed by atoms with Gasteiger partial charge in [0, 0.05) is 45.3 Å². The second kappa shape index (κ2) is 7.17. The van der Waals surface area contributed by atoms with Crippen LogP contribution in [0.4, 0.5) is 0 Å². The van der Waals surface area contributed by atoms with Gasteiger partial charge in [0.1, 0.15) is 5.69 Å². The van der Waals surface area contributed by atoms with Gasteiger partial charge in [-0.1, -0.05) is 0 Å². The van der Waals surface area contributed by atoms with Crippen LogP contribution in [0.1, 0.15) is 29.8 Å². The lowest BCUT2D eigenvalue weighted by Gasteiger charge is -2.40. The van der Waals surface area contributed by atoms with Crippen molar-refractivity contribution >= 4 is 11.8 Å². The lowest BCUT2D eigenvalue weighted by molar-refractivity contribution is -0.137. The highest BCUT2D eigenvalue weighted by Gasteiger charge is 2.45. The largest absolute Gasteiger partial charge is 0.379 e. The maximum atomic E-state index is 12.7. The van der Waals surface area contributed by atoms with E-state index in [2.05, 4.69) is 9.88 Å². The van der Waals surface area contributed by atoms with Gasteiger partial charge in [0.25, 0.3) is 5.91 Å². The van der Waals surface area contributed by atoms with E-state index in [9.17, 15) is 9.59 Å². The van der Waals surface area contributed by atoms with Gasteiger partial charge in [-0.3, -0.25) is 14.5 Å². The van der Waals surface area contributed by atoms with Gasteiger partial charge in [0.05, 0.1) is 25.3 Å². The van der Waals surface area contributed by atoms with Crippen LogP contribution >= 0.6 is 0 Å². The van der Waals surface area contributed by atoms with E-state index in [0.717, 1.165) is 58.8 Å². The maximum absolute atomic E-state index is 12.7. The summed E-state index contributed by atoms with van der Waals surface area (Å²) >= 11 is 0. The summed E-state index contributed by atoms with van der Waals surface area (Å²) in [7, 11) is 0. The number of hydrogen-bond acceptors (Lipinski definition) is 4. The van der Waals surface area contributed by atoms with Crippen molar-refractivity contribution in [2.75, 3.05) is 45.9 Å². The summed E-state index contributed by atoms with van der Waals surface area (Å²) in [6, 6.07) is 3.99. The van der Waals surface area contributed by atoms with Crippen LogP contribution in [0.25, 0.3) is 0 Å². The fourth-order valence-electron chi connectivity index (χ4n) is 4.38. The van der Waals surface area contributed by atoms with Crippen LogP contribution < -0.4 is 0 Å². The number of carbonyl (C=O) groups is 2. The van der Waals surface area contributed by atoms with Gasteiger partial charge in [-0.15, -0.1) is 0 Å². The maximum Gasteiger partial charge on any atom is 0.270 e. The molecular formula is C18H26N4O3. The molecule has 4 rings (SSSR count). The molecule has 1 aromatic heterocycles. The monoisotopic (exact) mass is 346 g/mol. The molecule has 4 heterocycles. The van der Waals surface area contributed by atoms with Gasteiger partial charge >= 0.3 is 0 Å². The molecule has 25 heavy (non-hydrogen) atoms. The number of ether oxygens (including phenoxy) is 1. The standard InChI is InChI=1S/C18H26N4O3/c23-17-4-3-15-16(21(17)9-8-20-10-12-25-13-11-20)5-7-22(15)18(24)14-2-1-6-19-14/h1-2,6,15-16,19H,3-5,7-13H2/t15-,16-/m1/s1. The highest BCUT2D eigenvalue weighted by atomic mass is 16.5. The van der Waals surface area contributed by atoms with Crippen molar-refractivity contribution in [1.82, 2.24) is 19.7 Å². The zero-order valence-electron chi connectivity index (χ0n) is 14.5. The number of fused-ring (bicyclic) bond motifs is 1. The van der Waals surface area contributed by atoms with E-state index >= 15 is 0 Å². The number of piperidine rings is 1. The number of amides is 2. The van der Waals surface area contributed by atoms with Crippen LogP contribution in [-0.2, 0) is 9.53 Å². The average Bonchev–Trinajstić information content (AvgIpc) is 3.31. The van der Waals surface area contributed by atoms with Crippen LogP contribution in [-0.4, -0.2) is 89.5 Å². The minimum Gasteiger partial charge on any atom is -0.379 e. The van der Waals surface area contributed by atoms with Crippen molar-refractivity contribution in [2.24, 2.45) is 0 Å². The molecule has 0 aliphatic carbocycles. The number of morpholine rings is 1. The lowest BCUT2D eigenvalue weighted by atomic mass is 9.96. The topological polar surface area (TPSA) is 68.9 Å². The number of nitrogens with one attached hydrogen (secondary N) is 1. The van der Waals surface area contributed by atoms with E-state index in [1.165, 1.54) is 0 Å². The Hall–Kier alpha value is -1.86. The zero-order chi connectivity index (χ0) is 17.2. The minimum atomic E-state index is 0.0555. The molecule has 1 N–H and O–H groups in total. The summed E-state index contributed by atoms with van der Waals surface area (Å²) in [6.07, 6.45) is 3.98. The summed E-state index contributed by atoms with van der Waals surface area (Å²) < 4.78 is 5.39. The fraction of sp³-hybridized carbons (Fsp3) is 0.667. The number of aromatic nitrogens is 1. The highest BCUT2D eigenvalue weighted by molar-refractivity contribution is 5.93. The Balaban J connectivity index is 1.41. The zero-order valence-corrected chi connectivity index (χ0v) is 14.5. The van der Waals surface area contributed by atoms with Crippen LogP contribution in [0.2, 0.25) is 0 Å². The molecule has 7 nitrogen and oxygen atoms in total. The molecule has 2 amide bonds. The van der Waals surface area contributed by atoms with Gasteiger partial charge in [0.2, 0.25) is 5.91 Å². The van der Waals surface area contributed by atoms with Crippen LogP contribution in [0, 0.1) is 0 Å². The van der Waals surface area contributed by atoms with Gasteiger partial charge in [-0.05, 0) is 25.0 Å². The Labute approximate surface area is 147 Å². The number of carbonyl (C=O) groups excluding carboxylic acids is 2. The molecule has 0 radical (unpaired) electrons. The van der Waals surface area contributed by atoms with Gasteiger partial charge < -0.3 is 19.5 Å². The third-order valence-corrected chi connectivity index (χ3v) is 5.73. The van der Waals surface area contributed by atoms with Crippen molar-refractivity contribution in [2.45, 2.75) is 31.3 Å². The number of H-pyrrole nitrogens is 1. The summed E-state index contributed by atoms with van der Waals surface area (Å²) in [5.41, 5.74) is 0.636. The molecule has 0 saturated carbocycles. The van der Waals surface area contributed by atoms with E-state index in [0.29, 0.717) is 12.1 Å². The summed E-state index contributed by atoms with van der Waals surface area (Å²) in [4.78, 5) is 34.6. The molecule has 2 atom stereocenters. The third-order valence-electron chi connectivity index (χ3n) is 5.73. The Kier molecular flexibility index (Phi) is 4.76. The Bertz CT molecular complexity index is 612. The Morgan fingerprint density at radius 3 is 2.76 bits per heavy atom. The summed E-state index contributed by atoms with van der Waals surface area (Å²) in [5.74, 6) is 0.295. The first kappa shape index (κ1) is 16.6. The second-order valence-electron chi connectivity index (χ2n) is 7.09. The summed E-state index contributed by atoms with van der Waals surface area (Å²) in [5, 5.41) is 0. The third kappa shape index (κ3) is 3.30. The fourth-order valence-corrected chi connectivity index (χ4v) is 4.38. The number of nitrogens with zero attached hydrogens (tertiary/aromatic N) is 3. The second-order valence-corrected chi connectivity index (χ2v) is 7.09. The smallest absolute Gasteiger partial charge is 0.270 e. The van der Waals surface area contributed by atoms with Crippen molar-refractivity contribution in [3.63, 3.8) is 0 Å². The molecule has 7 heteroatoms. The average molecular weight is 346 g/mol. The van der Waals surface area contributed by atoms with Crippen molar-refractivity contribution in [1.29, 1.82) is 0 Å². The highest BCUT2D eigenvalue weighted by Crippen LogP contribution is 2.32. The molecule has 0 aromatic carbocycles. The normalized spacial score (nSPS) is 27.6.